The van der Waals surface area contributed by atoms with Gasteiger partial charge in [0.25, 0.3) is 11.8 Å². The van der Waals surface area contributed by atoms with E-state index >= 15 is 0 Å². The fourth-order valence-electron chi connectivity index (χ4n) is 4.34. The maximum atomic E-state index is 13.8. The van der Waals surface area contributed by atoms with Gasteiger partial charge < -0.3 is 15.4 Å². The molecule has 1 aliphatic carbocycles. The van der Waals surface area contributed by atoms with Crippen LogP contribution in [0.25, 0.3) is 10.4 Å². The second-order valence-electron chi connectivity index (χ2n) is 8.33. The van der Waals surface area contributed by atoms with Crippen molar-refractivity contribution in [2.45, 2.75) is 38.0 Å². The summed E-state index contributed by atoms with van der Waals surface area (Å²) in [5.74, 6) is -1.08. The highest BCUT2D eigenvalue weighted by Crippen LogP contribution is 2.41. The van der Waals surface area contributed by atoms with E-state index in [9.17, 15) is 22.8 Å². The highest BCUT2D eigenvalue weighted by Gasteiger charge is 2.35. The number of aryl methyl sites for hydroxylation is 2. The van der Waals surface area contributed by atoms with Crippen LogP contribution >= 0.6 is 11.3 Å². The number of hydrogen-bond donors (Lipinski definition) is 2. The summed E-state index contributed by atoms with van der Waals surface area (Å²) in [5, 5.41) is 4.89. The molecule has 2 N–H and O–H groups in total. The zero-order valence-corrected chi connectivity index (χ0v) is 18.8. The van der Waals surface area contributed by atoms with E-state index in [2.05, 4.69) is 10.6 Å². The first-order valence-electron chi connectivity index (χ1n) is 11.0. The third-order valence-electron chi connectivity index (χ3n) is 6.02. The zero-order chi connectivity index (χ0) is 23.9. The first-order chi connectivity index (χ1) is 16.3. The molecule has 2 aliphatic rings. The Morgan fingerprint density at radius 3 is 2.56 bits per heavy atom. The molecule has 5 rings (SSSR count). The van der Waals surface area contributed by atoms with Crippen LogP contribution in [0.2, 0.25) is 0 Å². The highest BCUT2D eigenvalue weighted by molar-refractivity contribution is 7.17. The lowest BCUT2D eigenvalue weighted by Crippen LogP contribution is -2.27. The van der Waals surface area contributed by atoms with Crippen LogP contribution in [0.1, 0.15) is 39.2 Å². The number of fused-ring (bicyclic) bond motifs is 3. The van der Waals surface area contributed by atoms with E-state index in [0.717, 1.165) is 47.4 Å². The topological polar surface area (TPSA) is 67.4 Å². The second kappa shape index (κ2) is 8.88. The van der Waals surface area contributed by atoms with Crippen molar-refractivity contribution in [3.05, 3.63) is 70.1 Å². The Bertz CT molecular complexity index is 1260. The van der Waals surface area contributed by atoms with Gasteiger partial charge in [-0.25, -0.2) is 0 Å². The number of halogens is 3. The molecule has 2 aromatic carbocycles. The van der Waals surface area contributed by atoms with Crippen LogP contribution in [0.4, 0.5) is 24.5 Å². The van der Waals surface area contributed by atoms with Crippen molar-refractivity contribution in [2.75, 3.05) is 17.2 Å². The van der Waals surface area contributed by atoms with Gasteiger partial charge in [0.05, 0.1) is 16.1 Å². The molecule has 0 radical (unpaired) electrons. The largest absolute Gasteiger partial charge is 0.418 e. The Hall–Kier alpha value is -3.17. The summed E-state index contributed by atoms with van der Waals surface area (Å²) in [6.07, 6.45) is -2.48. The summed E-state index contributed by atoms with van der Waals surface area (Å²) in [4.78, 5) is 26.5. The molecular weight excluding hydrogens is 465 g/mol. The minimum absolute atomic E-state index is 0.00554. The number of amides is 2. The molecule has 1 aromatic heterocycles. The molecule has 9 heteroatoms. The van der Waals surface area contributed by atoms with Gasteiger partial charge >= 0.3 is 6.18 Å². The van der Waals surface area contributed by atoms with E-state index in [4.69, 9.17) is 4.74 Å². The molecule has 0 spiro atoms. The summed E-state index contributed by atoms with van der Waals surface area (Å²) < 4.78 is 46.6. The molecule has 176 valence electrons. The highest BCUT2D eigenvalue weighted by atomic mass is 32.1. The molecule has 1 atom stereocenters. The number of hydrogen-bond acceptors (Lipinski definition) is 4. The Morgan fingerprint density at radius 2 is 1.79 bits per heavy atom. The fraction of sp³-hybridized carbons (Fsp3) is 0.280. The Labute approximate surface area is 197 Å². The molecule has 34 heavy (non-hydrogen) atoms. The van der Waals surface area contributed by atoms with Crippen LogP contribution in [0.15, 0.2) is 48.5 Å². The number of benzene rings is 2. The molecule has 0 bridgehead atoms. The predicted molar refractivity (Wildman–Crippen MR) is 124 cm³/mol. The lowest BCUT2D eigenvalue weighted by Gasteiger charge is -2.16. The average Bonchev–Trinajstić information content (AvgIpc) is 3.50. The van der Waals surface area contributed by atoms with Crippen LogP contribution < -0.4 is 10.6 Å². The van der Waals surface area contributed by atoms with E-state index in [1.807, 2.05) is 24.3 Å². The van der Waals surface area contributed by atoms with Gasteiger partial charge in [-0.3, -0.25) is 9.59 Å². The molecule has 0 saturated carbocycles. The van der Waals surface area contributed by atoms with Crippen LogP contribution in [-0.4, -0.2) is 24.5 Å². The van der Waals surface area contributed by atoms with Gasteiger partial charge in [-0.2, -0.15) is 13.2 Å². The number of alkyl halides is 3. The van der Waals surface area contributed by atoms with E-state index in [1.54, 1.807) is 6.07 Å². The molecule has 2 heterocycles. The fourth-order valence-corrected chi connectivity index (χ4v) is 5.51. The molecule has 5 nitrogen and oxygen atoms in total. The van der Waals surface area contributed by atoms with Crippen LogP contribution in [0.5, 0.6) is 0 Å². The normalized spacial score (nSPS) is 17.1. The number of anilines is 2. The Kier molecular flexibility index (Phi) is 5.91. The lowest BCUT2D eigenvalue weighted by molar-refractivity contribution is -0.137. The predicted octanol–water partition coefficient (Wildman–Crippen LogP) is 5.90. The molecule has 1 saturated heterocycles. The quantitative estimate of drug-likeness (QED) is 0.482. The number of rotatable bonds is 4. The maximum Gasteiger partial charge on any atom is 0.418 e. The van der Waals surface area contributed by atoms with E-state index in [0.29, 0.717) is 17.9 Å². The number of ether oxygens (including phenoxy) is 1. The van der Waals surface area contributed by atoms with Crippen molar-refractivity contribution in [1.29, 1.82) is 0 Å². The van der Waals surface area contributed by atoms with Gasteiger partial charge in [-0.05, 0) is 66.6 Å². The zero-order valence-electron chi connectivity index (χ0n) is 18.0. The van der Waals surface area contributed by atoms with E-state index in [-0.39, 0.29) is 11.4 Å². The monoisotopic (exact) mass is 486 g/mol. The summed E-state index contributed by atoms with van der Waals surface area (Å²) in [5.41, 5.74) is 1.89. The van der Waals surface area contributed by atoms with Gasteiger partial charge in [-0.15, -0.1) is 11.3 Å². The third-order valence-corrected chi connectivity index (χ3v) is 7.23. The number of nitrogens with one attached hydrogen (secondary N) is 2. The van der Waals surface area contributed by atoms with E-state index < -0.39 is 29.7 Å². The first-order valence-corrected chi connectivity index (χ1v) is 11.8. The van der Waals surface area contributed by atoms with Crippen LogP contribution in [-0.2, 0) is 28.5 Å². The van der Waals surface area contributed by atoms with Crippen LogP contribution in [0, 0.1) is 0 Å². The third kappa shape index (κ3) is 4.45. The van der Waals surface area contributed by atoms with Crippen molar-refractivity contribution >= 4 is 34.5 Å². The van der Waals surface area contributed by atoms with Gasteiger partial charge in [-0.1, -0.05) is 24.3 Å². The van der Waals surface area contributed by atoms with Crippen LogP contribution in [0.3, 0.4) is 0 Å². The summed E-state index contributed by atoms with van der Waals surface area (Å²) >= 11 is 1.28. The standard InChI is InChI=1S/C25H21F3N2O3S/c26-25(27,28)18-13-16(29-23(31)20-6-3-11-33-20)9-10-19(18)30-24(32)21-12-15-8-7-14-4-1-2-5-17(14)22(15)34-21/h1-2,4-5,9-10,12-13,20H,3,6-8,11H2,(H,29,31)(H,30,32). The SMILES string of the molecule is O=C(Nc1ccc(NC(=O)C2CCCO2)cc1C(F)(F)F)c1cc2c(s1)-c1ccccc1CC2. The van der Waals surface area contributed by atoms with E-state index in [1.165, 1.54) is 23.0 Å². The maximum absolute atomic E-state index is 13.8. The van der Waals surface area contributed by atoms with Gasteiger partial charge in [0.1, 0.15) is 6.10 Å². The molecule has 1 fully saturated rings. The van der Waals surface area contributed by atoms with Gasteiger partial charge in [0.2, 0.25) is 0 Å². The molecular formula is C25H21F3N2O3S. The first kappa shape index (κ1) is 22.6. The van der Waals surface area contributed by atoms with Crippen molar-refractivity contribution < 1.29 is 27.5 Å². The number of thiophene rings is 1. The Balaban J connectivity index is 1.38. The molecule has 1 unspecified atom stereocenters. The lowest BCUT2D eigenvalue weighted by atomic mass is 9.91. The second-order valence-corrected chi connectivity index (χ2v) is 9.38. The minimum atomic E-state index is -4.72. The summed E-state index contributed by atoms with van der Waals surface area (Å²) in [6, 6.07) is 13.0. The number of carbonyl (C=O) groups excluding carboxylic acids is 2. The van der Waals surface area contributed by atoms with Crippen molar-refractivity contribution in [1.82, 2.24) is 0 Å². The Morgan fingerprint density at radius 1 is 1.00 bits per heavy atom. The van der Waals surface area contributed by atoms with Crippen molar-refractivity contribution in [3.63, 3.8) is 0 Å². The van der Waals surface area contributed by atoms with Crippen molar-refractivity contribution in [3.8, 4) is 10.4 Å². The molecule has 2 amide bonds. The minimum Gasteiger partial charge on any atom is -0.368 e. The molecule has 3 aromatic rings. The molecule has 1 aliphatic heterocycles. The van der Waals surface area contributed by atoms with Crippen molar-refractivity contribution in [2.24, 2.45) is 0 Å². The van der Waals surface area contributed by atoms with Gasteiger partial charge in [0, 0.05) is 17.2 Å². The summed E-state index contributed by atoms with van der Waals surface area (Å²) in [7, 11) is 0. The average molecular weight is 487 g/mol. The smallest absolute Gasteiger partial charge is 0.368 e. The number of carbonyl (C=O) groups is 2. The summed E-state index contributed by atoms with van der Waals surface area (Å²) in [6.45, 7) is 0.453. The van der Waals surface area contributed by atoms with Gasteiger partial charge in [0.15, 0.2) is 0 Å².